The molecular formula is C12H27NO3. The lowest BCUT2D eigenvalue weighted by Gasteiger charge is -2.15. The van der Waals surface area contributed by atoms with Crippen LogP contribution in [-0.4, -0.2) is 17.8 Å². The predicted molar refractivity (Wildman–Crippen MR) is 68.2 cm³/mol. The first-order chi connectivity index (χ1) is 7.65. The minimum atomic E-state index is -0.347. The highest BCUT2D eigenvalue weighted by Crippen LogP contribution is 2.17. The summed E-state index contributed by atoms with van der Waals surface area (Å²) >= 11 is 0. The summed E-state index contributed by atoms with van der Waals surface area (Å²) in [5.41, 5.74) is 0. The zero-order valence-electron chi connectivity index (χ0n) is 11.5. The van der Waals surface area contributed by atoms with Crippen molar-refractivity contribution in [1.29, 1.82) is 0 Å². The number of rotatable bonds is 6. The van der Waals surface area contributed by atoms with E-state index >= 15 is 0 Å². The van der Waals surface area contributed by atoms with Crippen LogP contribution in [0.2, 0.25) is 0 Å². The maximum absolute atomic E-state index is 10.5. The van der Waals surface area contributed by atoms with Gasteiger partial charge in [-0.05, 0) is 12.8 Å². The van der Waals surface area contributed by atoms with Crippen molar-refractivity contribution in [2.75, 3.05) is 6.54 Å². The number of nitro groups is 1. The number of carbonyl (C=O) groups excluding carboxylic acids is 1. The molecule has 98 valence electrons. The first-order valence-corrected chi connectivity index (χ1v) is 6.22. The summed E-state index contributed by atoms with van der Waals surface area (Å²) in [6, 6.07) is 0. The number of hydrogen-bond acceptors (Lipinski definition) is 3. The topological polar surface area (TPSA) is 60.2 Å². The molecule has 0 amide bonds. The molecule has 0 fully saturated rings. The van der Waals surface area contributed by atoms with Crippen LogP contribution in [0, 0.1) is 22.0 Å². The molecule has 0 aliphatic heterocycles. The van der Waals surface area contributed by atoms with E-state index < -0.39 is 0 Å². The molecule has 4 heteroatoms. The molecule has 0 radical (unpaired) electrons. The van der Waals surface area contributed by atoms with E-state index in [0.717, 1.165) is 6.29 Å². The molecule has 0 heterocycles. The highest BCUT2D eigenvalue weighted by Gasteiger charge is 2.22. The molecule has 0 spiro atoms. The van der Waals surface area contributed by atoms with E-state index in [4.69, 9.17) is 0 Å². The minimum Gasteiger partial charge on any atom is -0.303 e. The van der Waals surface area contributed by atoms with Gasteiger partial charge in [0, 0.05) is 16.8 Å². The van der Waals surface area contributed by atoms with Gasteiger partial charge in [-0.1, -0.05) is 41.5 Å². The van der Waals surface area contributed by atoms with Gasteiger partial charge in [0.05, 0.1) is 0 Å². The number of carbonyl (C=O) groups is 1. The molecule has 0 bridgehead atoms. The first-order valence-electron chi connectivity index (χ1n) is 6.22. The second-order valence-corrected chi connectivity index (χ2v) is 2.89. The molecule has 0 aliphatic carbocycles. The zero-order chi connectivity index (χ0) is 13.6. The Kier molecular flexibility index (Phi) is 21.1. The van der Waals surface area contributed by atoms with Gasteiger partial charge in [-0.3, -0.25) is 10.1 Å². The van der Waals surface area contributed by atoms with Gasteiger partial charge in [0.1, 0.15) is 6.29 Å². The minimum absolute atomic E-state index is 0.0895. The van der Waals surface area contributed by atoms with Gasteiger partial charge >= 0.3 is 0 Å². The molecule has 2 atom stereocenters. The Hall–Kier alpha value is -0.930. The lowest BCUT2D eigenvalue weighted by molar-refractivity contribution is -0.489. The largest absolute Gasteiger partial charge is 0.303 e. The van der Waals surface area contributed by atoms with Crippen LogP contribution in [0.25, 0.3) is 0 Å². The fourth-order valence-electron chi connectivity index (χ4n) is 1.30. The molecule has 0 rings (SSSR count). The fraction of sp³-hybridized carbons (Fsp3) is 0.917. The van der Waals surface area contributed by atoms with Crippen LogP contribution in [0.3, 0.4) is 0 Å². The molecule has 4 nitrogen and oxygen atoms in total. The highest BCUT2D eigenvalue weighted by molar-refractivity contribution is 5.53. The Labute approximate surface area is 99.6 Å². The third-order valence-corrected chi connectivity index (χ3v) is 2.16. The number of hydrogen-bond donors (Lipinski definition) is 0. The molecule has 0 aromatic rings. The fourth-order valence-corrected chi connectivity index (χ4v) is 1.30. The number of aldehydes is 1. The molecule has 2 unspecified atom stereocenters. The van der Waals surface area contributed by atoms with Crippen LogP contribution >= 0.6 is 0 Å². The summed E-state index contributed by atoms with van der Waals surface area (Å²) in [6.07, 6.45) is 2.21. The molecule has 0 N–H and O–H groups in total. The Balaban J connectivity index is -0.000000376. The van der Waals surface area contributed by atoms with Crippen molar-refractivity contribution in [3.8, 4) is 0 Å². The molecule has 0 aromatic heterocycles. The van der Waals surface area contributed by atoms with E-state index in [9.17, 15) is 14.9 Å². The first kappa shape index (κ1) is 20.5. The third-order valence-electron chi connectivity index (χ3n) is 2.16. The summed E-state index contributed by atoms with van der Waals surface area (Å²) in [5.74, 6) is -0.247. The Morgan fingerprint density at radius 2 is 1.56 bits per heavy atom. The van der Waals surface area contributed by atoms with Crippen LogP contribution in [0.5, 0.6) is 0 Å². The molecule has 0 aliphatic rings. The monoisotopic (exact) mass is 233 g/mol. The highest BCUT2D eigenvalue weighted by atomic mass is 16.6. The maximum atomic E-state index is 10.5. The van der Waals surface area contributed by atoms with Gasteiger partial charge in [0.25, 0.3) is 0 Å². The summed E-state index contributed by atoms with van der Waals surface area (Å²) in [7, 11) is 0. The Morgan fingerprint density at radius 3 is 1.75 bits per heavy atom. The second-order valence-electron chi connectivity index (χ2n) is 2.89. The van der Waals surface area contributed by atoms with Crippen molar-refractivity contribution >= 4 is 6.29 Å². The van der Waals surface area contributed by atoms with Gasteiger partial charge in [-0.2, -0.15) is 0 Å². The SMILES string of the molecule is CC.CC.CCC(C=O)C(CC)C[N+](=O)[O-]. The van der Waals surface area contributed by atoms with E-state index in [-0.39, 0.29) is 23.3 Å². The van der Waals surface area contributed by atoms with E-state index in [1.54, 1.807) is 0 Å². The average molecular weight is 233 g/mol. The summed E-state index contributed by atoms with van der Waals surface area (Å²) < 4.78 is 0. The van der Waals surface area contributed by atoms with Crippen LogP contribution in [-0.2, 0) is 4.79 Å². The Morgan fingerprint density at radius 1 is 1.12 bits per heavy atom. The van der Waals surface area contributed by atoms with Crippen molar-refractivity contribution in [2.45, 2.75) is 54.4 Å². The van der Waals surface area contributed by atoms with Gasteiger partial charge in [0.15, 0.2) is 0 Å². The maximum Gasteiger partial charge on any atom is 0.207 e. The standard InChI is InChI=1S/C8H15NO3.2C2H6/c1-3-7(5-9(11)12)8(4-2)6-10;2*1-2/h6-8H,3-5H2,1-2H3;2*1-2H3. The van der Waals surface area contributed by atoms with Crippen LogP contribution in [0.1, 0.15) is 54.4 Å². The summed E-state index contributed by atoms with van der Waals surface area (Å²) in [5, 5.41) is 10.2. The van der Waals surface area contributed by atoms with Gasteiger partial charge < -0.3 is 4.79 Å². The Bertz CT molecular complexity index is 160. The molecule has 0 saturated carbocycles. The summed E-state index contributed by atoms with van der Waals surface area (Å²) in [6.45, 7) is 11.7. The van der Waals surface area contributed by atoms with E-state index in [2.05, 4.69) is 0 Å². The molecule has 0 aromatic carbocycles. The van der Waals surface area contributed by atoms with Crippen LogP contribution < -0.4 is 0 Å². The van der Waals surface area contributed by atoms with Gasteiger partial charge in [0.2, 0.25) is 6.54 Å². The molecule has 0 saturated heterocycles. The second kappa shape index (κ2) is 16.5. The van der Waals surface area contributed by atoms with E-state index in [0.29, 0.717) is 12.8 Å². The van der Waals surface area contributed by atoms with E-state index in [1.165, 1.54) is 0 Å². The van der Waals surface area contributed by atoms with Crippen LogP contribution in [0.4, 0.5) is 0 Å². The van der Waals surface area contributed by atoms with Crippen molar-refractivity contribution in [3.63, 3.8) is 0 Å². The predicted octanol–water partition coefficient (Wildman–Crippen LogP) is 3.57. The van der Waals surface area contributed by atoms with Crippen molar-refractivity contribution in [1.82, 2.24) is 0 Å². The van der Waals surface area contributed by atoms with Crippen molar-refractivity contribution < 1.29 is 9.72 Å². The van der Waals surface area contributed by atoms with Crippen LogP contribution in [0.15, 0.2) is 0 Å². The quantitative estimate of drug-likeness (QED) is 0.400. The van der Waals surface area contributed by atoms with Gasteiger partial charge in [-0.25, -0.2) is 0 Å². The smallest absolute Gasteiger partial charge is 0.207 e. The summed E-state index contributed by atoms with van der Waals surface area (Å²) in [4.78, 5) is 20.3. The normalized spacial score (nSPS) is 12.1. The molecular weight excluding hydrogens is 206 g/mol. The van der Waals surface area contributed by atoms with Gasteiger partial charge in [-0.15, -0.1) is 0 Å². The molecule has 16 heavy (non-hydrogen) atoms. The van der Waals surface area contributed by atoms with Crippen molar-refractivity contribution in [2.24, 2.45) is 11.8 Å². The lowest BCUT2D eigenvalue weighted by Crippen LogP contribution is -2.23. The van der Waals surface area contributed by atoms with E-state index in [1.807, 2.05) is 41.5 Å². The van der Waals surface area contributed by atoms with Crippen molar-refractivity contribution in [3.05, 3.63) is 10.1 Å². The average Bonchev–Trinajstić information content (AvgIpc) is 2.34. The lowest BCUT2D eigenvalue weighted by atomic mass is 9.89. The number of nitrogens with zero attached hydrogens (tertiary/aromatic N) is 1. The zero-order valence-corrected chi connectivity index (χ0v) is 11.5. The third kappa shape index (κ3) is 11.1.